The lowest BCUT2D eigenvalue weighted by atomic mass is 10.1. The lowest BCUT2D eigenvalue weighted by Crippen LogP contribution is -2.42. The van der Waals surface area contributed by atoms with Gasteiger partial charge in [-0.1, -0.05) is 0 Å². The summed E-state index contributed by atoms with van der Waals surface area (Å²) in [6.07, 6.45) is 1.50. The van der Waals surface area contributed by atoms with Gasteiger partial charge in [0.25, 0.3) is 5.91 Å². The lowest BCUT2D eigenvalue weighted by molar-refractivity contribution is -0.129. The molecule has 140 valence electrons. The number of amides is 2. The number of nitrogens with zero attached hydrogens (tertiary/aromatic N) is 3. The van der Waals surface area contributed by atoms with E-state index in [1.165, 1.54) is 22.9 Å². The Morgan fingerprint density at radius 1 is 1.44 bits per heavy atom. The molecule has 3 rings (SSSR count). The van der Waals surface area contributed by atoms with E-state index < -0.39 is 18.6 Å². The van der Waals surface area contributed by atoms with Crippen LogP contribution >= 0.6 is 11.8 Å². The van der Waals surface area contributed by atoms with Gasteiger partial charge in [-0.25, -0.2) is 4.39 Å². The highest BCUT2D eigenvalue weighted by molar-refractivity contribution is 7.99. The Kier molecular flexibility index (Phi) is 6.08. The van der Waals surface area contributed by atoms with Crippen molar-refractivity contribution in [3.05, 3.63) is 36.0 Å². The number of pyridine rings is 1. The van der Waals surface area contributed by atoms with Crippen molar-refractivity contribution in [3.63, 3.8) is 0 Å². The number of ether oxygens (including phenoxy) is 1. The summed E-state index contributed by atoms with van der Waals surface area (Å²) in [6.45, 7) is -0.881. The normalized spacial score (nSPS) is 16.1. The lowest BCUT2D eigenvalue weighted by Gasteiger charge is -2.18. The second-order valence-corrected chi connectivity index (χ2v) is 6.77. The summed E-state index contributed by atoms with van der Waals surface area (Å²) in [5, 5.41) is 12.2. The van der Waals surface area contributed by atoms with Crippen molar-refractivity contribution in [3.8, 4) is 11.8 Å². The van der Waals surface area contributed by atoms with Gasteiger partial charge in [-0.15, -0.1) is 11.8 Å². The van der Waals surface area contributed by atoms with Crippen molar-refractivity contribution in [1.82, 2.24) is 15.2 Å². The quantitative estimate of drug-likeness (QED) is 0.810. The highest BCUT2D eigenvalue weighted by Gasteiger charge is 2.29. The molecule has 7 nitrogen and oxygen atoms in total. The number of aromatic nitrogens is 1. The Morgan fingerprint density at radius 2 is 2.30 bits per heavy atom. The Labute approximate surface area is 159 Å². The summed E-state index contributed by atoms with van der Waals surface area (Å²) >= 11 is 1.50. The number of hydrogen-bond donors (Lipinski definition) is 1. The second-order valence-electron chi connectivity index (χ2n) is 5.77. The van der Waals surface area contributed by atoms with E-state index in [1.54, 1.807) is 24.3 Å². The molecule has 1 unspecified atom stereocenters. The van der Waals surface area contributed by atoms with Crippen molar-refractivity contribution < 1.29 is 18.7 Å². The van der Waals surface area contributed by atoms with Crippen LogP contribution in [0.5, 0.6) is 5.75 Å². The maximum Gasteiger partial charge on any atom is 0.252 e. The van der Waals surface area contributed by atoms with Gasteiger partial charge in [0.1, 0.15) is 25.1 Å². The minimum Gasteiger partial charge on any atom is -0.491 e. The van der Waals surface area contributed by atoms with Crippen LogP contribution in [0.3, 0.4) is 0 Å². The predicted octanol–water partition coefficient (Wildman–Crippen LogP) is 1.74. The second kappa shape index (κ2) is 8.68. The molecule has 2 heterocycles. The third-order valence-corrected chi connectivity index (χ3v) is 5.07. The highest BCUT2D eigenvalue weighted by atomic mass is 32.2. The fourth-order valence-electron chi connectivity index (χ4n) is 2.72. The number of alkyl halides is 1. The number of nitrogens with one attached hydrogen (secondary N) is 1. The van der Waals surface area contributed by atoms with Crippen LogP contribution in [0.1, 0.15) is 10.4 Å². The molecule has 1 N–H and O–H groups in total. The van der Waals surface area contributed by atoms with E-state index in [9.17, 15) is 14.0 Å². The van der Waals surface area contributed by atoms with Crippen LogP contribution in [-0.2, 0) is 4.79 Å². The summed E-state index contributed by atoms with van der Waals surface area (Å²) < 4.78 is 17.6. The maximum absolute atomic E-state index is 12.6. The van der Waals surface area contributed by atoms with Crippen LogP contribution in [0, 0.1) is 11.3 Å². The summed E-state index contributed by atoms with van der Waals surface area (Å²) in [6, 6.07) is 8.13. The van der Waals surface area contributed by atoms with Crippen LogP contribution in [0.4, 0.5) is 4.39 Å². The van der Waals surface area contributed by atoms with Gasteiger partial charge in [-0.2, -0.15) is 5.26 Å². The van der Waals surface area contributed by atoms with E-state index in [-0.39, 0.29) is 19.1 Å². The largest absolute Gasteiger partial charge is 0.491 e. The molecule has 0 radical (unpaired) electrons. The van der Waals surface area contributed by atoms with Crippen LogP contribution in [0.25, 0.3) is 10.9 Å². The van der Waals surface area contributed by atoms with Gasteiger partial charge in [0.05, 0.1) is 29.6 Å². The van der Waals surface area contributed by atoms with E-state index >= 15 is 0 Å². The first kappa shape index (κ1) is 18.9. The number of rotatable bonds is 6. The fourth-order valence-corrected chi connectivity index (χ4v) is 3.82. The predicted molar refractivity (Wildman–Crippen MR) is 99.1 cm³/mol. The number of halogens is 1. The molecule has 27 heavy (non-hydrogen) atoms. The monoisotopic (exact) mass is 388 g/mol. The van der Waals surface area contributed by atoms with Crippen LogP contribution in [0.2, 0.25) is 0 Å². The molecule has 0 bridgehead atoms. The zero-order valence-corrected chi connectivity index (χ0v) is 15.2. The molecule has 0 aliphatic carbocycles. The van der Waals surface area contributed by atoms with Crippen molar-refractivity contribution in [1.29, 1.82) is 5.26 Å². The first-order valence-electron chi connectivity index (χ1n) is 8.26. The molecule has 1 saturated heterocycles. The summed E-state index contributed by atoms with van der Waals surface area (Å²) in [5.41, 5.74) is 0.924. The van der Waals surface area contributed by atoms with Gasteiger partial charge in [0, 0.05) is 17.3 Å². The zero-order chi connectivity index (χ0) is 19.2. The molecular weight excluding hydrogens is 371 g/mol. The van der Waals surface area contributed by atoms with E-state index in [2.05, 4.69) is 16.4 Å². The Balaban J connectivity index is 1.73. The van der Waals surface area contributed by atoms with E-state index in [1.807, 2.05) is 0 Å². The van der Waals surface area contributed by atoms with Crippen LogP contribution < -0.4 is 10.1 Å². The number of carbonyl (C=O) groups excluding carboxylic acids is 2. The summed E-state index contributed by atoms with van der Waals surface area (Å²) in [4.78, 5) is 30.5. The molecule has 1 atom stereocenters. The first-order chi connectivity index (χ1) is 13.1. The number of carbonyl (C=O) groups is 2. The Bertz CT molecular complexity index is 902. The van der Waals surface area contributed by atoms with Crippen molar-refractivity contribution in [2.75, 3.05) is 31.5 Å². The zero-order valence-electron chi connectivity index (χ0n) is 14.4. The van der Waals surface area contributed by atoms with Crippen molar-refractivity contribution in [2.45, 2.75) is 6.04 Å². The smallest absolute Gasteiger partial charge is 0.252 e. The number of hydrogen-bond acceptors (Lipinski definition) is 6. The fraction of sp³-hybridized carbons (Fsp3) is 0.333. The molecular formula is C18H17FN4O3S. The van der Waals surface area contributed by atoms with Gasteiger partial charge in [0.15, 0.2) is 0 Å². The molecule has 1 aromatic heterocycles. The standard InChI is InChI=1S/C18H17FN4O3S/c19-4-6-26-13-1-2-16-15(7-13)14(3-5-21-16)18(25)22-9-17(24)23-11-27-10-12(23)8-20/h1-3,5,7,12H,4,6,9-11H2,(H,22,25). The first-order valence-corrected chi connectivity index (χ1v) is 9.42. The molecule has 2 aromatic rings. The topological polar surface area (TPSA) is 95.3 Å². The van der Waals surface area contributed by atoms with Crippen LogP contribution in [0.15, 0.2) is 30.5 Å². The third-order valence-electron chi connectivity index (χ3n) is 4.06. The molecule has 0 saturated carbocycles. The molecule has 1 aromatic carbocycles. The SMILES string of the molecule is N#CC1CSCN1C(=O)CNC(=O)c1ccnc2ccc(OCCF)cc12. The molecule has 9 heteroatoms. The average Bonchev–Trinajstić information content (AvgIpc) is 3.18. The molecule has 1 aliphatic heterocycles. The molecule has 0 spiro atoms. The van der Waals surface area contributed by atoms with Gasteiger partial charge in [-0.05, 0) is 24.3 Å². The van der Waals surface area contributed by atoms with E-state index in [4.69, 9.17) is 10.00 Å². The number of nitriles is 1. The molecule has 1 aliphatic rings. The van der Waals surface area contributed by atoms with Gasteiger partial charge < -0.3 is 15.0 Å². The molecule has 2 amide bonds. The Morgan fingerprint density at radius 3 is 3.07 bits per heavy atom. The summed E-state index contributed by atoms with van der Waals surface area (Å²) in [5.74, 6) is 0.723. The summed E-state index contributed by atoms with van der Waals surface area (Å²) in [7, 11) is 0. The van der Waals surface area contributed by atoms with Gasteiger partial charge in [0.2, 0.25) is 5.91 Å². The molecule has 1 fully saturated rings. The minimum atomic E-state index is -0.612. The van der Waals surface area contributed by atoms with Gasteiger partial charge >= 0.3 is 0 Å². The maximum atomic E-state index is 12.6. The average molecular weight is 388 g/mol. The highest BCUT2D eigenvalue weighted by Crippen LogP contribution is 2.23. The van der Waals surface area contributed by atoms with E-state index in [0.29, 0.717) is 33.8 Å². The van der Waals surface area contributed by atoms with Gasteiger partial charge in [-0.3, -0.25) is 14.6 Å². The Hall–Kier alpha value is -2.86. The number of fused-ring (bicyclic) bond motifs is 1. The van der Waals surface area contributed by atoms with Crippen LogP contribution in [-0.4, -0.2) is 59.2 Å². The van der Waals surface area contributed by atoms with E-state index in [0.717, 1.165) is 0 Å². The van der Waals surface area contributed by atoms with Crippen molar-refractivity contribution in [2.24, 2.45) is 0 Å². The number of thioether (sulfide) groups is 1. The van der Waals surface area contributed by atoms with Crippen molar-refractivity contribution >= 4 is 34.5 Å². The minimum absolute atomic E-state index is 0.0737. The number of benzene rings is 1. The third kappa shape index (κ3) is 4.28.